The molecular formula is C15H14O2. The molecule has 1 aliphatic carbocycles. The molecule has 86 valence electrons. The van der Waals surface area contributed by atoms with E-state index in [9.17, 15) is 9.59 Å². The zero-order chi connectivity index (χ0) is 12.4. The lowest BCUT2D eigenvalue weighted by Gasteiger charge is -2.17. The van der Waals surface area contributed by atoms with Gasteiger partial charge in [-0.05, 0) is 23.6 Å². The summed E-state index contributed by atoms with van der Waals surface area (Å²) in [6, 6.07) is 9.36. The lowest BCUT2D eigenvalue weighted by molar-refractivity contribution is -0.114. The van der Waals surface area contributed by atoms with E-state index in [1.165, 1.54) is 12.2 Å². The van der Waals surface area contributed by atoms with E-state index < -0.39 is 0 Å². The van der Waals surface area contributed by atoms with Crippen LogP contribution in [0.15, 0.2) is 48.1 Å². The van der Waals surface area contributed by atoms with Gasteiger partial charge in [0.25, 0.3) is 0 Å². The van der Waals surface area contributed by atoms with Crippen LogP contribution in [0.25, 0.3) is 5.57 Å². The standard InChI is InChI=1S/C15H14O2/c1-10(2)14-12(16)8-9-13(17)15(14)11-6-4-3-5-7-11/h3-10H,1-2H3. The highest BCUT2D eigenvalue weighted by atomic mass is 16.1. The first kappa shape index (κ1) is 11.5. The molecule has 0 radical (unpaired) electrons. The fourth-order valence-corrected chi connectivity index (χ4v) is 2.06. The van der Waals surface area contributed by atoms with E-state index in [4.69, 9.17) is 0 Å². The van der Waals surface area contributed by atoms with Crippen molar-refractivity contribution in [1.82, 2.24) is 0 Å². The first-order chi connectivity index (χ1) is 8.11. The van der Waals surface area contributed by atoms with Crippen molar-refractivity contribution in [3.8, 4) is 0 Å². The summed E-state index contributed by atoms with van der Waals surface area (Å²) in [5.41, 5.74) is 1.98. The van der Waals surface area contributed by atoms with Crippen LogP contribution in [0.4, 0.5) is 0 Å². The normalized spacial score (nSPS) is 15.9. The van der Waals surface area contributed by atoms with Gasteiger partial charge >= 0.3 is 0 Å². The summed E-state index contributed by atoms with van der Waals surface area (Å²) in [7, 11) is 0. The van der Waals surface area contributed by atoms with E-state index in [0.29, 0.717) is 11.1 Å². The zero-order valence-corrected chi connectivity index (χ0v) is 9.94. The monoisotopic (exact) mass is 226 g/mol. The van der Waals surface area contributed by atoms with Gasteiger partial charge in [0.05, 0.1) is 0 Å². The maximum atomic E-state index is 12.0. The second kappa shape index (κ2) is 4.50. The largest absolute Gasteiger partial charge is 0.290 e. The molecule has 0 spiro atoms. The summed E-state index contributed by atoms with van der Waals surface area (Å²) in [4.78, 5) is 23.8. The molecule has 1 aliphatic rings. The van der Waals surface area contributed by atoms with Crippen LogP contribution in [-0.2, 0) is 9.59 Å². The highest BCUT2D eigenvalue weighted by molar-refractivity contribution is 6.36. The molecule has 0 N–H and O–H groups in total. The molecular weight excluding hydrogens is 212 g/mol. The number of rotatable bonds is 2. The Labute approximate surface area is 101 Å². The van der Waals surface area contributed by atoms with Gasteiger partial charge in [0.1, 0.15) is 0 Å². The van der Waals surface area contributed by atoms with Gasteiger partial charge in [0, 0.05) is 11.1 Å². The van der Waals surface area contributed by atoms with Crippen molar-refractivity contribution >= 4 is 17.1 Å². The Kier molecular flexibility index (Phi) is 3.05. The Morgan fingerprint density at radius 2 is 1.47 bits per heavy atom. The molecule has 0 amide bonds. The number of carbonyl (C=O) groups excluding carboxylic acids is 2. The van der Waals surface area contributed by atoms with Gasteiger partial charge in [0.15, 0.2) is 11.6 Å². The third kappa shape index (κ3) is 2.11. The Morgan fingerprint density at radius 1 is 0.882 bits per heavy atom. The first-order valence-corrected chi connectivity index (χ1v) is 5.67. The van der Waals surface area contributed by atoms with Crippen LogP contribution in [0.5, 0.6) is 0 Å². The molecule has 2 heteroatoms. The minimum absolute atomic E-state index is 0.0478. The van der Waals surface area contributed by atoms with Gasteiger partial charge in [-0.15, -0.1) is 0 Å². The van der Waals surface area contributed by atoms with Crippen LogP contribution < -0.4 is 0 Å². The molecule has 2 nitrogen and oxygen atoms in total. The minimum Gasteiger partial charge on any atom is -0.290 e. The number of benzene rings is 1. The smallest absolute Gasteiger partial charge is 0.187 e. The Morgan fingerprint density at radius 3 is 2.06 bits per heavy atom. The fourth-order valence-electron chi connectivity index (χ4n) is 2.06. The van der Waals surface area contributed by atoms with E-state index in [1.54, 1.807) is 0 Å². The van der Waals surface area contributed by atoms with Crippen molar-refractivity contribution in [1.29, 1.82) is 0 Å². The van der Waals surface area contributed by atoms with Crippen molar-refractivity contribution in [2.24, 2.45) is 5.92 Å². The first-order valence-electron chi connectivity index (χ1n) is 5.67. The van der Waals surface area contributed by atoms with Gasteiger partial charge in [0.2, 0.25) is 0 Å². The van der Waals surface area contributed by atoms with Gasteiger partial charge < -0.3 is 0 Å². The lowest BCUT2D eigenvalue weighted by Crippen LogP contribution is -2.17. The van der Waals surface area contributed by atoms with Crippen molar-refractivity contribution in [3.63, 3.8) is 0 Å². The SMILES string of the molecule is CC(C)C1=C(c2ccccc2)C(=O)C=CC1=O. The van der Waals surface area contributed by atoms with E-state index in [-0.39, 0.29) is 17.5 Å². The zero-order valence-electron chi connectivity index (χ0n) is 9.94. The van der Waals surface area contributed by atoms with Gasteiger partial charge in [-0.3, -0.25) is 9.59 Å². The predicted octanol–water partition coefficient (Wildman–Crippen LogP) is 2.80. The molecule has 1 aromatic rings. The third-order valence-corrected chi connectivity index (χ3v) is 2.81. The summed E-state index contributed by atoms with van der Waals surface area (Å²) in [6.45, 7) is 3.87. The summed E-state index contributed by atoms with van der Waals surface area (Å²) < 4.78 is 0. The van der Waals surface area contributed by atoms with Crippen molar-refractivity contribution in [3.05, 3.63) is 53.6 Å². The van der Waals surface area contributed by atoms with Crippen LogP contribution in [-0.4, -0.2) is 11.6 Å². The highest BCUT2D eigenvalue weighted by Crippen LogP contribution is 2.28. The van der Waals surface area contributed by atoms with Gasteiger partial charge in [-0.25, -0.2) is 0 Å². The van der Waals surface area contributed by atoms with Crippen molar-refractivity contribution < 1.29 is 9.59 Å². The van der Waals surface area contributed by atoms with Crippen LogP contribution in [0.1, 0.15) is 19.4 Å². The lowest BCUT2D eigenvalue weighted by atomic mass is 9.84. The van der Waals surface area contributed by atoms with Gasteiger partial charge in [-0.2, -0.15) is 0 Å². The molecule has 2 rings (SSSR count). The molecule has 1 aromatic carbocycles. The molecule has 0 bridgehead atoms. The average molecular weight is 226 g/mol. The van der Waals surface area contributed by atoms with Crippen LogP contribution in [0.2, 0.25) is 0 Å². The van der Waals surface area contributed by atoms with Crippen molar-refractivity contribution in [2.75, 3.05) is 0 Å². The molecule has 0 atom stereocenters. The number of ketones is 2. The summed E-state index contributed by atoms with van der Waals surface area (Å²) in [5, 5.41) is 0. The summed E-state index contributed by atoms with van der Waals surface area (Å²) in [5.74, 6) is -0.0930. The molecule has 0 fully saturated rings. The molecule has 0 heterocycles. The molecule has 0 aromatic heterocycles. The van der Waals surface area contributed by atoms with E-state index in [0.717, 1.165) is 5.56 Å². The minimum atomic E-state index is -0.0838. The Hall–Kier alpha value is -1.96. The molecule has 0 unspecified atom stereocenters. The van der Waals surface area contributed by atoms with E-state index >= 15 is 0 Å². The topological polar surface area (TPSA) is 34.1 Å². The van der Waals surface area contributed by atoms with Gasteiger partial charge in [-0.1, -0.05) is 44.2 Å². The molecule has 17 heavy (non-hydrogen) atoms. The molecule has 0 saturated heterocycles. The maximum Gasteiger partial charge on any atom is 0.187 e. The molecule has 0 saturated carbocycles. The number of carbonyl (C=O) groups is 2. The average Bonchev–Trinajstić information content (AvgIpc) is 2.32. The summed E-state index contributed by atoms with van der Waals surface area (Å²) in [6.07, 6.45) is 2.72. The second-order valence-electron chi connectivity index (χ2n) is 4.37. The molecule has 0 aliphatic heterocycles. The highest BCUT2D eigenvalue weighted by Gasteiger charge is 2.25. The van der Waals surface area contributed by atoms with E-state index in [2.05, 4.69) is 0 Å². The maximum absolute atomic E-state index is 12.0. The van der Waals surface area contributed by atoms with Crippen LogP contribution >= 0.6 is 0 Å². The predicted molar refractivity (Wildman–Crippen MR) is 67.4 cm³/mol. The van der Waals surface area contributed by atoms with Crippen LogP contribution in [0.3, 0.4) is 0 Å². The Bertz CT molecular complexity index is 519. The number of hydrogen-bond acceptors (Lipinski definition) is 2. The van der Waals surface area contributed by atoms with Crippen LogP contribution in [0, 0.1) is 5.92 Å². The van der Waals surface area contributed by atoms with Crippen molar-refractivity contribution in [2.45, 2.75) is 13.8 Å². The number of hydrogen-bond donors (Lipinski definition) is 0. The third-order valence-electron chi connectivity index (χ3n) is 2.81. The Balaban J connectivity index is 2.64. The number of allylic oxidation sites excluding steroid dienone is 4. The second-order valence-corrected chi connectivity index (χ2v) is 4.37. The fraction of sp³-hybridized carbons (Fsp3) is 0.200. The quantitative estimate of drug-likeness (QED) is 0.727. The summed E-state index contributed by atoms with van der Waals surface area (Å²) >= 11 is 0. The van der Waals surface area contributed by atoms with E-state index in [1.807, 2.05) is 44.2 Å².